The molecule has 1 aromatic rings. The van der Waals surface area contributed by atoms with Crippen LogP contribution in [-0.4, -0.2) is 9.78 Å². The molecule has 8 heteroatoms. The Morgan fingerprint density at radius 1 is 1.64 bits per heavy atom. The molecule has 80 valence electrons. The van der Waals surface area contributed by atoms with E-state index in [9.17, 15) is 8.78 Å². The quantitative estimate of drug-likeness (QED) is 0.524. The van der Waals surface area contributed by atoms with E-state index < -0.39 is 6.43 Å². The minimum Gasteiger partial charge on any atom is -0.345 e. The Labute approximate surface area is 108 Å². The van der Waals surface area contributed by atoms with Gasteiger partial charge in [-0.2, -0.15) is 5.10 Å². The maximum atomic E-state index is 12.5. The van der Waals surface area contributed by atoms with Gasteiger partial charge in [0.25, 0.3) is 6.43 Å². The number of hydrogen-bond donors (Lipinski definition) is 0. The molecule has 1 atom stereocenters. The Balaban J connectivity index is 2.92. The summed E-state index contributed by atoms with van der Waals surface area (Å²) in [7, 11) is 1.51. The molecule has 14 heavy (non-hydrogen) atoms. The first kappa shape index (κ1) is 13.0. The summed E-state index contributed by atoms with van der Waals surface area (Å²) < 4.78 is 31.9. The minimum absolute atomic E-state index is 0.0407. The smallest absolute Gasteiger partial charge is 0.281 e. The Hall–Kier alpha value is 0.920. The van der Waals surface area contributed by atoms with Crippen LogP contribution in [0.1, 0.15) is 17.8 Å². The Morgan fingerprint density at radius 3 is 2.71 bits per heavy atom. The van der Waals surface area contributed by atoms with E-state index in [1.807, 2.05) is 22.6 Å². The van der Waals surface area contributed by atoms with Crippen LogP contribution in [0.25, 0.3) is 0 Å². The van der Waals surface area contributed by atoms with E-state index in [4.69, 9.17) is 4.52 Å². The number of alkyl halides is 2. The normalized spacial score (nSPS) is 12.1. The predicted octanol–water partition coefficient (Wildman–Crippen LogP) is 3.42. The summed E-state index contributed by atoms with van der Waals surface area (Å²) >= 11 is 3.95. The summed E-state index contributed by atoms with van der Waals surface area (Å²) in [6, 6.07) is 0. The third kappa shape index (κ3) is 2.96. The topological polar surface area (TPSA) is 27.1 Å². The molecule has 0 bridgehead atoms. The van der Waals surface area contributed by atoms with Crippen molar-refractivity contribution in [2.24, 2.45) is 7.05 Å². The lowest BCUT2D eigenvalue weighted by Crippen LogP contribution is -1.99. The number of hydrogen-bond acceptors (Lipinski definition) is 2. The molecule has 3 nitrogen and oxygen atoms in total. The second-order valence-electron chi connectivity index (χ2n) is 2.44. The number of halogens is 4. The van der Waals surface area contributed by atoms with E-state index >= 15 is 0 Å². The van der Waals surface area contributed by atoms with Crippen molar-refractivity contribution in [2.75, 3.05) is 0 Å². The molecule has 0 saturated carbocycles. The van der Waals surface area contributed by atoms with Crippen LogP contribution in [0.4, 0.5) is 8.78 Å². The fourth-order valence-corrected chi connectivity index (χ4v) is 2.50. The highest BCUT2D eigenvalue weighted by molar-refractivity contribution is 14.2. The molecule has 0 N–H and O–H groups in total. The fraction of sp³-hybridized carbons (Fsp3) is 0.500. The van der Waals surface area contributed by atoms with Gasteiger partial charge in [-0.3, -0.25) is 4.68 Å². The molecule has 0 spiro atoms. The number of aromatic nitrogens is 2. The molecule has 0 fully saturated rings. The number of nitrogens with zero attached hydrogens (tertiary/aromatic N) is 2. The molecule has 0 saturated heterocycles. The zero-order valence-electron chi connectivity index (χ0n) is 7.10. The lowest BCUT2D eigenvalue weighted by molar-refractivity contribution is 0.140. The van der Waals surface area contributed by atoms with Gasteiger partial charge in [-0.1, -0.05) is 0 Å². The Kier molecular flexibility index (Phi) is 5.43. The van der Waals surface area contributed by atoms with Crippen molar-refractivity contribution in [3.05, 3.63) is 15.0 Å². The molecular weight excluding hydrogens is 439 g/mol. The van der Waals surface area contributed by atoms with Crippen molar-refractivity contribution in [2.45, 2.75) is 13.0 Å². The highest BCUT2D eigenvalue weighted by atomic mass is 127. The molecule has 0 aliphatic carbocycles. The van der Waals surface area contributed by atoms with Crippen molar-refractivity contribution in [3.8, 4) is 0 Å². The van der Waals surface area contributed by atoms with Crippen molar-refractivity contribution < 1.29 is 13.3 Å². The van der Waals surface area contributed by atoms with Crippen molar-refractivity contribution in [1.29, 1.82) is 0 Å². The van der Waals surface area contributed by atoms with Gasteiger partial charge in [0.05, 0.1) is 16.6 Å². The van der Waals surface area contributed by atoms with Crippen LogP contribution < -0.4 is 0 Å². The zero-order valence-corrected chi connectivity index (χ0v) is 12.4. The maximum absolute atomic E-state index is 12.5. The monoisotopic (exact) mass is 446 g/mol. The minimum atomic E-state index is -2.49. The highest BCUT2D eigenvalue weighted by Gasteiger charge is 2.21. The Bertz CT molecular complexity index is 321. The first-order valence-corrected chi connectivity index (χ1v) is 8.65. The predicted molar refractivity (Wildman–Crippen MR) is 68.0 cm³/mol. The van der Waals surface area contributed by atoms with Gasteiger partial charge in [0.2, 0.25) is 0 Å². The molecular formula is C6H7F2I2N2OP. The SMILES string of the molecule is Cn1nc(COPI)c(I)c1C(F)F. The average Bonchev–Trinajstić information content (AvgIpc) is 2.38. The van der Waals surface area contributed by atoms with Gasteiger partial charge in [-0.15, -0.1) is 0 Å². The summed E-state index contributed by atoms with van der Waals surface area (Å²) in [5.41, 5.74) is 0.536. The highest BCUT2D eigenvalue weighted by Crippen LogP contribution is 2.29. The summed E-state index contributed by atoms with van der Waals surface area (Å²) in [5, 5.41) is 3.97. The van der Waals surface area contributed by atoms with Gasteiger partial charge in [0, 0.05) is 7.05 Å². The van der Waals surface area contributed by atoms with Crippen LogP contribution in [-0.2, 0) is 18.2 Å². The molecule has 0 radical (unpaired) electrons. The molecule has 0 aliphatic rings. The Morgan fingerprint density at radius 2 is 2.29 bits per heavy atom. The van der Waals surface area contributed by atoms with E-state index in [1.54, 1.807) is 0 Å². The van der Waals surface area contributed by atoms with Gasteiger partial charge in [-0.25, -0.2) is 8.78 Å². The molecule has 0 aromatic carbocycles. The summed E-state index contributed by atoms with van der Waals surface area (Å²) in [6.45, 7) is 0.602. The summed E-state index contributed by atoms with van der Waals surface area (Å²) in [4.78, 5) is 0. The molecule has 0 amide bonds. The average molecular weight is 446 g/mol. The lowest BCUT2D eigenvalue weighted by atomic mass is 10.4. The van der Waals surface area contributed by atoms with E-state index in [0.717, 1.165) is 0 Å². The van der Waals surface area contributed by atoms with Gasteiger partial charge in [-0.05, 0) is 44.6 Å². The first-order valence-electron chi connectivity index (χ1n) is 3.54. The van der Waals surface area contributed by atoms with Crippen molar-refractivity contribution in [1.82, 2.24) is 9.78 Å². The van der Waals surface area contributed by atoms with E-state index in [0.29, 0.717) is 22.3 Å². The van der Waals surface area contributed by atoms with Gasteiger partial charge in [0.1, 0.15) is 11.4 Å². The first-order chi connectivity index (χ1) is 6.57. The van der Waals surface area contributed by atoms with E-state index in [1.165, 1.54) is 11.7 Å². The standard InChI is InChI=1S/C6H7F2I2N2OP/c1-12-5(6(7)8)4(9)3(11-12)2-13-14-10/h6,14H,2H2,1H3. The van der Waals surface area contributed by atoms with Gasteiger partial charge in [0.15, 0.2) is 0 Å². The largest absolute Gasteiger partial charge is 0.345 e. The molecule has 1 rings (SSSR count). The summed E-state index contributed by atoms with van der Waals surface area (Å²) in [6.07, 6.45) is -2.49. The molecule has 0 aliphatic heterocycles. The van der Waals surface area contributed by atoms with E-state index in [-0.39, 0.29) is 5.69 Å². The van der Waals surface area contributed by atoms with Gasteiger partial charge >= 0.3 is 0 Å². The van der Waals surface area contributed by atoms with Crippen LogP contribution in [0.2, 0.25) is 0 Å². The van der Waals surface area contributed by atoms with Crippen LogP contribution >= 0.6 is 51.1 Å². The number of rotatable bonds is 4. The molecule has 1 unspecified atom stereocenters. The van der Waals surface area contributed by atoms with Crippen LogP contribution in [0, 0.1) is 3.57 Å². The zero-order chi connectivity index (χ0) is 10.7. The van der Waals surface area contributed by atoms with Crippen LogP contribution in [0.3, 0.4) is 0 Å². The number of aryl methyl sites for hydroxylation is 1. The molecule has 1 aromatic heterocycles. The molecule has 1 heterocycles. The third-order valence-electron chi connectivity index (χ3n) is 1.57. The second-order valence-corrected chi connectivity index (χ2v) is 5.28. The summed E-state index contributed by atoms with van der Waals surface area (Å²) in [5.74, 6) is 0. The van der Waals surface area contributed by atoms with E-state index in [2.05, 4.69) is 27.1 Å². The van der Waals surface area contributed by atoms with Crippen molar-refractivity contribution in [3.63, 3.8) is 0 Å². The van der Waals surface area contributed by atoms with Crippen LogP contribution in [0.5, 0.6) is 0 Å². The van der Waals surface area contributed by atoms with Crippen LogP contribution in [0.15, 0.2) is 0 Å². The second kappa shape index (κ2) is 5.86. The maximum Gasteiger partial charge on any atom is 0.281 e. The fourth-order valence-electron chi connectivity index (χ4n) is 0.994. The van der Waals surface area contributed by atoms with Crippen molar-refractivity contribution >= 4 is 51.1 Å². The third-order valence-corrected chi connectivity index (χ3v) is 3.93. The lowest BCUT2D eigenvalue weighted by Gasteiger charge is -1.99. The van der Waals surface area contributed by atoms with Gasteiger partial charge < -0.3 is 4.52 Å².